The van der Waals surface area contributed by atoms with Crippen molar-refractivity contribution in [3.05, 3.63) is 93.0 Å². The van der Waals surface area contributed by atoms with Crippen molar-refractivity contribution in [3.63, 3.8) is 0 Å². The van der Waals surface area contributed by atoms with Crippen LogP contribution in [-0.2, 0) is 14.3 Å². The number of carbonyl (C=O) groups excluding carboxylic acids is 4. The average molecular weight is 498 g/mol. The third-order valence-corrected chi connectivity index (χ3v) is 5.61. The molecule has 1 aliphatic rings. The van der Waals surface area contributed by atoms with Crippen LogP contribution in [0.3, 0.4) is 0 Å². The van der Waals surface area contributed by atoms with Crippen LogP contribution in [0.15, 0.2) is 60.7 Å². The Morgan fingerprint density at radius 3 is 2.21 bits per heavy atom. The molecule has 1 aliphatic carbocycles. The minimum Gasteiger partial charge on any atom is -0.477 e. The molecule has 0 bridgehead atoms. The van der Waals surface area contributed by atoms with Crippen molar-refractivity contribution in [2.75, 3.05) is 11.9 Å². The molecular weight excluding hydrogens is 481 g/mol. The molecule has 0 fully saturated rings. The van der Waals surface area contributed by atoms with Crippen LogP contribution in [-0.4, -0.2) is 36.2 Å². The van der Waals surface area contributed by atoms with Crippen LogP contribution in [0.1, 0.15) is 38.8 Å². The molecule has 1 unspecified atom stereocenters. The van der Waals surface area contributed by atoms with Gasteiger partial charge in [0.25, 0.3) is 5.91 Å². The fourth-order valence-corrected chi connectivity index (χ4v) is 3.89. The molecule has 0 radical (unpaired) electrons. The van der Waals surface area contributed by atoms with E-state index in [1.165, 1.54) is 37.3 Å². The lowest BCUT2D eigenvalue weighted by Gasteiger charge is -2.18. The zero-order chi connectivity index (χ0) is 24.4. The molecule has 0 heterocycles. The number of benzene rings is 3. The summed E-state index contributed by atoms with van der Waals surface area (Å²) < 4.78 is 10.5. The Bertz CT molecular complexity index is 1340. The van der Waals surface area contributed by atoms with Gasteiger partial charge < -0.3 is 14.8 Å². The molecule has 4 rings (SSSR count). The molecule has 7 nitrogen and oxygen atoms in total. The van der Waals surface area contributed by atoms with Gasteiger partial charge in [-0.1, -0.05) is 47.5 Å². The number of carbonyl (C=O) groups is 4. The van der Waals surface area contributed by atoms with E-state index in [-0.39, 0.29) is 39.2 Å². The molecule has 0 aliphatic heterocycles. The van der Waals surface area contributed by atoms with Crippen LogP contribution < -0.4 is 10.1 Å². The molecule has 172 valence electrons. The van der Waals surface area contributed by atoms with E-state index in [1.807, 2.05) is 0 Å². The topological polar surface area (TPSA) is 98.8 Å². The molecule has 0 saturated heterocycles. The number of anilines is 1. The summed E-state index contributed by atoms with van der Waals surface area (Å²) >= 11 is 11.9. The van der Waals surface area contributed by atoms with Crippen molar-refractivity contribution in [1.82, 2.24) is 0 Å². The first-order chi connectivity index (χ1) is 16.2. The van der Waals surface area contributed by atoms with E-state index in [0.29, 0.717) is 16.1 Å². The van der Waals surface area contributed by atoms with E-state index in [1.54, 1.807) is 30.3 Å². The van der Waals surface area contributed by atoms with Crippen molar-refractivity contribution >= 4 is 52.3 Å². The molecule has 0 spiro atoms. The molecule has 34 heavy (non-hydrogen) atoms. The zero-order valence-corrected chi connectivity index (χ0v) is 19.3. The molecule has 1 atom stereocenters. The predicted octanol–water partition coefficient (Wildman–Crippen LogP) is 4.72. The summed E-state index contributed by atoms with van der Waals surface area (Å²) in [5.41, 5.74) is 1.41. The monoisotopic (exact) mass is 497 g/mol. The number of fused-ring (bicyclic) bond motifs is 2. The van der Waals surface area contributed by atoms with Gasteiger partial charge in [-0.2, -0.15) is 0 Å². The number of nitrogens with one attached hydrogen (secondary N) is 1. The van der Waals surface area contributed by atoms with Crippen LogP contribution >= 0.6 is 23.2 Å². The molecule has 1 N–H and O–H groups in total. The summed E-state index contributed by atoms with van der Waals surface area (Å²) in [5, 5.41) is 3.20. The second-order valence-corrected chi connectivity index (χ2v) is 8.30. The highest BCUT2D eigenvalue weighted by Gasteiger charge is 2.29. The maximum Gasteiger partial charge on any atom is 0.347 e. The van der Waals surface area contributed by atoms with E-state index in [2.05, 4.69) is 5.32 Å². The van der Waals surface area contributed by atoms with Gasteiger partial charge in [-0.15, -0.1) is 0 Å². The number of hydrogen-bond donors (Lipinski definition) is 1. The Hall–Kier alpha value is -3.68. The van der Waals surface area contributed by atoms with Crippen molar-refractivity contribution in [2.24, 2.45) is 0 Å². The fraction of sp³-hybridized carbons (Fsp3) is 0.120. The largest absolute Gasteiger partial charge is 0.477 e. The van der Waals surface area contributed by atoms with Gasteiger partial charge >= 0.3 is 5.97 Å². The van der Waals surface area contributed by atoms with Gasteiger partial charge in [-0.3, -0.25) is 14.4 Å². The number of amides is 1. The van der Waals surface area contributed by atoms with Gasteiger partial charge in [-0.25, -0.2) is 4.79 Å². The first-order valence-electron chi connectivity index (χ1n) is 10.2. The summed E-state index contributed by atoms with van der Waals surface area (Å²) in [4.78, 5) is 50.0. The second kappa shape index (κ2) is 9.67. The van der Waals surface area contributed by atoms with Crippen molar-refractivity contribution in [2.45, 2.75) is 13.0 Å². The van der Waals surface area contributed by atoms with Crippen molar-refractivity contribution in [1.29, 1.82) is 0 Å². The summed E-state index contributed by atoms with van der Waals surface area (Å²) in [5.74, 6) is -1.72. The second-order valence-electron chi connectivity index (χ2n) is 7.45. The van der Waals surface area contributed by atoms with E-state index in [4.69, 9.17) is 32.7 Å². The fourth-order valence-electron chi connectivity index (χ4n) is 3.44. The minimum absolute atomic E-state index is 0.195. The SMILES string of the molecule is CC(Oc1ccc(Cl)cc1Cl)C(=O)OCC(=O)Nc1ccc2c(c1)C(=O)c1ccccc1C2=O. The van der Waals surface area contributed by atoms with E-state index >= 15 is 0 Å². The van der Waals surface area contributed by atoms with Gasteiger partial charge in [0.05, 0.1) is 5.02 Å². The summed E-state index contributed by atoms with van der Waals surface area (Å²) in [6.45, 7) is 0.878. The molecule has 3 aromatic carbocycles. The van der Waals surface area contributed by atoms with Gasteiger partial charge in [0.15, 0.2) is 24.3 Å². The number of esters is 1. The maximum absolute atomic E-state index is 12.8. The van der Waals surface area contributed by atoms with Crippen LogP contribution in [0.2, 0.25) is 10.0 Å². The third-order valence-electron chi connectivity index (χ3n) is 5.08. The van der Waals surface area contributed by atoms with Gasteiger partial charge in [0.1, 0.15) is 5.75 Å². The Labute approximate surface area is 204 Å². The van der Waals surface area contributed by atoms with E-state index in [0.717, 1.165) is 0 Å². The Kier molecular flexibility index (Phi) is 6.68. The standard InChI is InChI=1S/C25H17Cl2NO6/c1-13(34-21-9-6-14(26)10-20(21)27)25(32)33-12-22(29)28-15-7-8-18-19(11-15)24(31)17-5-3-2-4-16(17)23(18)30/h2-11,13H,12H2,1H3,(H,28,29). The first-order valence-corrected chi connectivity index (χ1v) is 10.9. The smallest absolute Gasteiger partial charge is 0.347 e. The summed E-state index contributed by atoms with van der Waals surface area (Å²) in [7, 11) is 0. The van der Waals surface area contributed by atoms with Crippen LogP contribution in [0.25, 0.3) is 0 Å². The highest BCUT2D eigenvalue weighted by Crippen LogP contribution is 2.30. The molecular formula is C25H17Cl2NO6. The number of hydrogen-bond acceptors (Lipinski definition) is 6. The molecule has 3 aromatic rings. The minimum atomic E-state index is -1.03. The van der Waals surface area contributed by atoms with Crippen LogP contribution in [0.4, 0.5) is 5.69 Å². The molecule has 0 saturated carbocycles. The van der Waals surface area contributed by atoms with Gasteiger partial charge in [0, 0.05) is 33.0 Å². The van der Waals surface area contributed by atoms with Crippen molar-refractivity contribution in [3.8, 4) is 5.75 Å². The van der Waals surface area contributed by atoms with E-state index in [9.17, 15) is 19.2 Å². The normalized spacial score (nSPS) is 12.9. The first kappa shape index (κ1) is 23.5. The number of rotatable bonds is 6. The van der Waals surface area contributed by atoms with Gasteiger partial charge in [-0.05, 0) is 43.3 Å². The van der Waals surface area contributed by atoms with Crippen LogP contribution in [0.5, 0.6) is 5.75 Å². The Balaban J connectivity index is 1.37. The zero-order valence-electron chi connectivity index (χ0n) is 17.8. The quantitative estimate of drug-likeness (QED) is 0.387. The van der Waals surface area contributed by atoms with E-state index < -0.39 is 24.6 Å². The third kappa shape index (κ3) is 4.81. The number of halogens is 2. The lowest BCUT2D eigenvalue weighted by molar-refractivity contribution is -0.153. The van der Waals surface area contributed by atoms with Crippen molar-refractivity contribution < 1.29 is 28.7 Å². The Morgan fingerprint density at radius 2 is 1.53 bits per heavy atom. The summed E-state index contributed by atoms with van der Waals surface area (Å²) in [6.07, 6.45) is -1.03. The predicted molar refractivity (Wildman–Crippen MR) is 126 cm³/mol. The number of ether oxygens (including phenoxy) is 2. The highest BCUT2D eigenvalue weighted by atomic mass is 35.5. The molecule has 9 heteroatoms. The van der Waals surface area contributed by atoms with Crippen LogP contribution in [0, 0.1) is 0 Å². The lowest BCUT2D eigenvalue weighted by atomic mass is 9.84. The lowest BCUT2D eigenvalue weighted by Crippen LogP contribution is -2.30. The molecule has 1 amide bonds. The Morgan fingerprint density at radius 1 is 0.882 bits per heavy atom. The maximum atomic E-state index is 12.8. The summed E-state index contributed by atoms with van der Waals surface area (Å²) in [6, 6.07) is 15.5. The van der Waals surface area contributed by atoms with Gasteiger partial charge in [0.2, 0.25) is 0 Å². The average Bonchev–Trinajstić information content (AvgIpc) is 2.82. The highest BCUT2D eigenvalue weighted by molar-refractivity contribution is 6.35. The molecule has 0 aromatic heterocycles. The number of ketones is 2.